The number of halogens is 2. The maximum absolute atomic E-state index is 13.6. The molecule has 2 aromatic carbocycles. The van der Waals surface area contributed by atoms with Gasteiger partial charge in [0, 0.05) is 11.3 Å². The first-order chi connectivity index (χ1) is 13.3. The van der Waals surface area contributed by atoms with E-state index in [1.807, 2.05) is 6.07 Å². The lowest BCUT2D eigenvalue weighted by Gasteiger charge is -2.29. The third kappa shape index (κ3) is 3.81. The summed E-state index contributed by atoms with van der Waals surface area (Å²) in [5.74, 6) is -1.08. The van der Waals surface area contributed by atoms with Crippen molar-refractivity contribution in [3.8, 4) is 11.8 Å². The van der Waals surface area contributed by atoms with E-state index in [0.29, 0.717) is 27.4 Å². The summed E-state index contributed by atoms with van der Waals surface area (Å²) in [6.07, 6.45) is -1.51. The number of hydrazone groups is 1. The summed E-state index contributed by atoms with van der Waals surface area (Å²) in [6.45, 7) is 3.38. The van der Waals surface area contributed by atoms with Crippen LogP contribution in [0.1, 0.15) is 23.6 Å². The van der Waals surface area contributed by atoms with Crippen LogP contribution in [0.25, 0.3) is 0 Å². The van der Waals surface area contributed by atoms with Gasteiger partial charge in [-0.05, 0) is 49.7 Å². The molecule has 0 fully saturated rings. The van der Waals surface area contributed by atoms with Gasteiger partial charge in [-0.3, -0.25) is 0 Å². The van der Waals surface area contributed by atoms with Crippen LogP contribution in [0, 0.1) is 24.1 Å². The number of hydrogen-bond acceptors (Lipinski definition) is 7. The summed E-state index contributed by atoms with van der Waals surface area (Å²) in [7, 11) is 0. The maximum Gasteiger partial charge on any atom is 0.240 e. The summed E-state index contributed by atoms with van der Waals surface area (Å²) in [6, 6.07) is 9.12. The minimum absolute atomic E-state index is 0.0312. The third-order valence-electron chi connectivity index (χ3n) is 4.34. The van der Waals surface area contributed by atoms with Crippen LogP contribution in [-0.4, -0.2) is 40.1 Å². The molecule has 0 saturated heterocycles. The van der Waals surface area contributed by atoms with E-state index in [9.17, 15) is 14.6 Å². The second kappa shape index (κ2) is 7.92. The number of phenols is 1. The minimum atomic E-state index is -0.850. The zero-order chi connectivity index (χ0) is 20.4. The number of phenolic OH excluding ortho intramolecular Hbond substituents is 1. The number of nitriles is 1. The van der Waals surface area contributed by atoms with Gasteiger partial charge in [0.15, 0.2) is 18.3 Å². The number of hydrogen-bond donors (Lipinski definition) is 3. The minimum Gasteiger partial charge on any atom is -0.505 e. The van der Waals surface area contributed by atoms with Crippen molar-refractivity contribution >= 4 is 23.2 Å². The Balaban J connectivity index is 1.86. The molecule has 3 rings (SSSR count). The highest BCUT2D eigenvalue weighted by atomic mass is 35.5. The monoisotopic (exact) mass is 404 g/mol. The number of nitrogens with zero attached hydrogens (tertiary/aromatic N) is 3. The van der Waals surface area contributed by atoms with Gasteiger partial charge in [-0.2, -0.15) is 5.26 Å². The summed E-state index contributed by atoms with van der Waals surface area (Å²) in [5, 5.41) is 37.9. The highest BCUT2D eigenvalue weighted by Gasteiger charge is 2.29. The molecular formula is C19H18ClFN4O3. The fourth-order valence-electron chi connectivity index (χ4n) is 2.76. The fourth-order valence-corrected chi connectivity index (χ4v) is 2.96. The van der Waals surface area contributed by atoms with Gasteiger partial charge < -0.3 is 20.3 Å². The first kappa shape index (κ1) is 19.7. The van der Waals surface area contributed by atoms with E-state index in [2.05, 4.69) is 10.4 Å². The lowest BCUT2D eigenvalue weighted by molar-refractivity contribution is 0.0493. The molecule has 0 unspecified atom stereocenters. The number of aliphatic hydroxyl groups excluding tert-OH is 1. The quantitative estimate of drug-likeness (QED) is 0.707. The van der Waals surface area contributed by atoms with Gasteiger partial charge in [-0.1, -0.05) is 11.6 Å². The number of aromatic hydroxyl groups is 1. The first-order valence-electron chi connectivity index (χ1n) is 8.42. The van der Waals surface area contributed by atoms with E-state index in [1.54, 1.807) is 26.0 Å². The number of benzene rings is 2. The molecular weight excluding hydrogens is 387 g/mol. The number of nitrogens with one attached hydrogen (secondary N) is 1. The molecule has 0 aliphatic carbocycles. The Morgan fingerprint density at radius 1 is 1.39 bits per heavy atom. The Labute approximate surface area is 166 Å². The second-order valence-electron chi connectivity index (χ2n) is 6.33. The van der Waals surface area contributed by atoms with Gasteiger partial charge >= 0.3 is 0 Å². The predicted molar refractivity (Wildman–Crippen MR) is 102 cm³/mol. The molecule has 0 saturated carbocycles. The molecule has 3 N–H and O–H groups in total. The Morgan fingerprint density at radius 3 is 2.79 bits per heavy atom. The van der Waals surface area contributed by atoms with Crippen molar-refractivity contribution < 1.29 is 19.3 Å². The number of rotatable bonds is 5. The van der Waals surface area contributed by atoms with E-state index in [4.69, 9.17) is 21.6 Å². The van der Waals surface area contributed by atoms with E-state index in [1.165, 1.54) is 17.1 Å². The molecule has 0 spiro atoms. The van der Waals surface area contributed by atoms with Crippen LogP contribution in [0.4, 0.5) is 10.1 Å². The summed E-state index contributed by atoms with van der Waals surface area (Å²) in [5.41, 5.74) is 2.02. The third-order valence-corrected chi connectivity index (χ3v) is 4.82. The molecule has 1 aliphatic heterocycles. The normalized spacial score (nSPS) is 15.4. The van der Waals surface area contributed by atoms with Gasteiger partial charge in [0.2, 0.25) is 5.90 Å². The zero-order valence-electron chi connectivity index (χ0n) is 15.1. The van der Waals surface area contributed by atoms with E-state index >= 15 is 0 Å². The summed E-state index contributed by atoms with van der Waals surface area (Å²) in [4.78, 5) is 0. The average molecular weight is 405 g/mol. The van der Waals surface area contributed by atoms with Crippen molar-refractivity contribution in [3.05, 3.63) is 57.9 Å². The van der Waals surface area contributed by atoms with Crippen molar-refractivity contribution in [2.75, 3.05) is 12.0 Å². The molecule has 28 heavy (non-hydrogen) atoms. The van der Waals surface area contributed by atoms with Crippen LogP contribution in [0.15, 0.2) is 35.4 Å². The van der Waals surface area contributed by atoms with Crippen molar-refractivity contribution in [1.82, 2.24) is 5.01 Å². The average Bonchev–Trinajstić information content (AvgIpc) is 3.14. The SMILES string of the molecule is Cc1c(N[C@H]([C@H](C)O)N2COC(c3ccc(O)c(F)c3)=N2)ccc(C#N)c1Cl. The number of ether oxygens (including phenoxy) is 1. The lowest BCUT2D eigenvalue weighted by atomic mass is 10.1. The van der Waals surface area contributed by atoms with Crippen LogP contribution in [0.2, 0.25) is 5.02 Å². The molecule has 0 amide bonds. The first-order valence-corrected chi connectivity index (χ1v) is 8.80. The summed E-state index contributed by atoms with van der Waals surface area (Å²) >= 11 is 6.21. The lowest BCUT2D eigenvalue weighted by Crippen LogP contribution is -2.44. The second-order valence-corrected chi connectivity index (χ2v) is 6.70. The van der Waals surface area contributed by atoms with Crippen molar-refractivity contribution in [3.63, 3.8) is 0 Å². The molecule has 0 radical (unpaired) electrons. The Kier molecular flexibility index (Phi) is 5.58. The van der Waals surface area contributed by atoms with Gasteiger partial charge in [0.05, 0.1) is 16.7 Å². The van der Waals surface area contributed by atoms with Crippen LogP contribution in [0.5, 0.6) is 5.75 Å². The molecule has 146 valence electrons. The Bertz CT molecular complexity index is 974. The topological polar surface area (TPSA) is 101 Å². The standard InChI is InChI=1S/C19H18ClFN4O3/c1-10-15(5-3-13(8-22)17(10)20)23-18(11(2)26)25-9-28-19(24-25)12-4-6-16(27)14(21)7-12/h3-7,11,18,23,26-27H,9H2,1-2H3/t11-,18-/m0/s1. The molecule has 7 nitrogen and oxygen atoms in total. The fraction of sp³-hybridized carbons (Fsp3) is 0.263. The van der Waals surface area contributed by atoms with Crippen LogP contribution < -0.4 is 5.32 Å². The van der Waals surface area contributed by atoms with Crippen LogP contribution >= 0.6 is 11.6 Å². The molecule has 0 bridgehead atoms. The Hall–Kier alpha value is -3.02. The molecule has 0 aromatic heterocycles. The van der Waals surface area contributed by atoms with Crippen LogP contribution in [-0.2, 0) is 4.74 Å². The molecule has 1 aliphatic rings. The van der Waals surface area contributed by atoms with E-state index < -0.39 is 23.8 Å². The molecule has 1 heterocycles. The van der Waals surface area contributed by atoms with Gasteiger partial charge in [-0.25, -0.2) is 9.40 Å². The summed E-state index contributed by atoms with van der Waals surface area (Å²) < 4.78 is 19.1. The predicted octanol–water partition coefficient (Wildman–Crippen LogP) is 3.14. The van der Waals surface area contributed by atoms with Gasteiger partial charge in [0.1, 0.15) is 12.2 Å². The number of anilines is 1. The highest BCUT2D eigenvalue weighted by molar-refractivity contribution is 6.32. The number of aliphatic hydroxyl groups is 1. The highest BCUT2D eigenvalue weighted by Crippen LogP contribution is 2.29. The molecule has 2 aromatic rings. The zero-order valence-corrected chi connectivity index (χ0v) is 15.9. The van der Waals surface area contributed by atoms with Crippen molar-refractivity contribution in [1.29, 1.82) is 5.26 Å². The Morgan fingerprint density at radius 2 is 2.14 bits per heavy atom. The maximum atomic E-state index is 13.6. The van der Waals surface area contributed by atoms with Crippen molar-refractivity contribution in [2.45, 2.75) is 26.1 Å². The smallest absolute Gasteiger partial charge is 0.240 e. The van der Waals surface area contributed by atoms with Crippen molar-refractivity contribution in [2.24, 2.45) is 5.10 Å². The van der Waals surface area contributed by atoms with E-state index in [-0.39, 0.29) is 12.6 Å². The largest absolute Gasteiger partial charge is 0.505 e. The van der Waals surface area contributed by atoms with Gasteiger partial charge in [-0.15, -0.1) is 5.10 Å². The molecule has 9 heteroatoms. The van der Waals surface area contributed by atoms with E-state index in [0.717, 1.165) is 6.07 Å². The molecule has 2 atom stereocenters. The van der Waals surface area contributed by atoms with Gasteiger partial charge in [0.25, 0.3) is 0 Å². The van der Waals surface area contributed by atoms with Crippen LogP contribution in [0.3, 0.4) is 0 Å².